The van der Waals surface area contributed by atoms with Crippen LogP contribution >= 0.6 is 11.6 Å². The predicted molar refractivity (Wildman–Crippen MR) is 70.8 cm³/mol. The van der Waals surface area contributed by atoms with Crippen LogP contribution in [-0.2, 0) is 14.3 Å². The maximum Gasteiger partial charge on any atom is 0.341 e. The number of hydrogen-bond donors (Lipinski definition) is 2. The zero-order valence-electron chi connectivity index (χ0n) is 10.9. The predicted octanol–water partition coefficient (Wildman–Crippen LogP) is 1.08. The van der Waals surface area contributed by atoms with E-state index < -0.39 is 18.5 Å². The van der Waals surface area contributed by atoms with Crippen LogP contribution in [0.1, 0.15) is 17.3 Å². The van der Waals surface area contributed by atoms with Gasteiger partial charge in [-0.2, -0.15) is 0 Å². The highest BCUT2D eigenvalue weighted by Gasteiger charge is 2.12. The summed E-state index contributed by atoms with van der Waals surface area (Å²) >= 11 is 5.76. The van der Waals surface area contributed by atoms with Crippen molar-refractivity contribution < 1.29 is 29.0 Å². The minimum absolute atomic E-state index is 0.132. The van der Waals surface area contributed by atoms with Crippen molar-refractivity contribution >= 4 is 29.4 Å². The molecular weight excluding hydrogens is 290 g/mol. The summed E-state index contributed by atoms with van der Waals surface area (Å²) in [6.07, 6.45) is 0. The third-order valence-electron chi connectivity index (χ3n) is 1.71. The highest BCUT2D eigenvalue weighted by molar-refractivity contribution is 6.33. The standard InChI is InChI=1S/C10H9ClO5.C2H5NO/c1-15-10(14)7-4-6(2-3-8(7)11)16-5-9(12)13;1-2(3)4/h2-4H,5H2,1H3,(H,12,13);1H3,(H2,3,4). The van der Waals surface area contributed by atoms with Crippen LogP contribution in [0, 0.1) is 0 Å². The Balaban J connectivity index is 0.000000796. The Morgan fingerprint density at radius 3 is 2.35 bits per heavy atom. The van der Waals surface area contributed by atoms with Gasteiger partial charge in [0, 0.05) is 6.92 Å². The van der Waals surface area contributed by atoms with Gasteiger partial charge in [0.05, 0.1) is 17.7 Å². The van der Waals surface area contributed by atoms with E-state index >= 15 is 0 Å². The molecule has 1 aromatic carbocycles. The van der Waals surface area contributed by atoms with E-state index in [1.807, 2.05) is 0 Å². The molecule has 0 aliphatic carbocycles. The SMILES string of the molecule is CC(N)=O.COC(=O)c1cc(OCC(=O)O)ccc1Cl. The second kappa shape index (κ2) is 8.76. The average Bonchev–Trinajstić information content (AvgIpc) is 2.36. The normalized spacial score (nSPS) is 8.95. The molecule has 110 valence electrons. The molecule has 1 rings (SSSR count). The lowest BCUT2D eigenvalue weighted by Crippen LogP contribution is -2.10. The van der Waals surface area contributed by atoms with Gasteiger partial charge in [-0.1, -0.05) is 11.6 Å². The molecule has 0 heterocycles. The number of ether oxygens (including phenoxy) is 2. The van der Waals surface area contributed by atoms with Crippen LogP contribution < -0.4 is 10.5 Å². The molecule has 0 atom stereocenters. The van der Waals surface area contributed by atoms with Crippen LogP contribution in [0.25, 0.3) is 0 Å². The average molecular weight is 304 g/mol. The van der Waals surface area contributed by atoms with E-state index in [4.69, 9.17) is 21.4 Å². The smallest absolute Gasteiger partial charge is 0.341 e. The first-order chi connectivity index (χ1) is 9.27. The number of nitrogens with two attached hydrogens (primary N) is 1. The number of esters is 1. The fourth-order valence-corrected chi connectivity index (χ4v) is 1.20. The lowest BCUT2D eigenvalue weighted by molar-refractivity contribution is -0.139. The van der Waals surface area contributed by atoms with E-state index in [1.165, 1.54) is 32.2 Å². The first-order valence-corrected chi connectivity index (χ1v) is 5.64. The van der Waals surface area contributed by atoms with Crippen molar-refractivity contribution in [2.24, 2.45) is 5.73 Å². The van der Waals surface area contributed by atoms with Crippen LogP contribution in [0.5, 0.6) is 5.75 Å². The fraction of sp³-hybridized carbons (Fsp3) is 0.250. The third kappa shape index (κ3) is 7.22. The molecule has 0 radical (unpaired) electrons. The number of carbonyl (C=O) groups excluding carboxylic acids is 2. The molecule has 0 saturated heterocycles. The van der Waals surface area contributed by atoms with Crippen molar-refractivity contribution in [1.82, 2.24) is 0 Å². The summed E-state index contributed by atoms with van der Waals surface area (Å²) in [7, 11) is 1.23. The number of carbonyl (C=O) groups is 3. The summed E-state index contributed by atoms with van der Waals surface area (Å²) < 4.78 is 9.39. The molecule has 0 aliphatic rings. The first-order valence-electron chi connectivity index (χ1n) is 5.26. The maximum atomic E-state index is 11.2. The minimum atomic E-state index is -1.10. The maximum absolute atomic E-state index is 11.2. The summed E-state index contributed by atoms with van der Waals surface area (Å²) in [5.74, 6) is -1.80. The van der Waals surface area contributed by atoms with E-state index in [1.54, 1.807) is 0 Å². The largest absolute Gasteiger partial charge is 0.482 e. The van der Waals surface area contributed by atoms with E-state index in [0.717, 1.165) is 0 Å². The Morgan fingerprint density at radius 2 is 1.90 bits per heavy atom. The molecule has 7 nitrogen and oxygen atoms in total. The van der Waals surface area contributed by atoms with E-state index in [-0.39, 0.29) is 22.2 Å². The van der Waals surface area contributed by atoms with Gasteiger partial charge in [0.1, 0.15) is 5.75 Å². The van der Waals surface area contributed by atoms with Crippen LogP contribution in [0.2, 0.25) is 5.02 Å². The van der Waals surface area contributed by atoms with Gasteiger partial charge in [0.15, 0.2) is 6.61 Å². The van der Waals surface area contributed by atoms with Gasteiger partial charge in [0.2, 0.25) is 5.91 Å². The molecule has 3 N–H and O–H groups in total. The topological polar surface area (TPSA) is 116 Å². The molecule has 1 aromatic rings. The lowest BCUT2D eigenvalue weighted by Gasteiger charge is -2.06. The van der Waals surface area contributed by atoms with Crippen molar-refractivity contribution in [3.8, 4) is 5.75 Å². The Bertz CT molecular complexity index is 499. The Hall–Kier alpha value is -2.28. The number of carboxylic acid groups (broad SMARTS) is 1. The number of methoxy groups -OCH3 is 1. The number of aliphatic carboxylic acids is 1. The number of amides is 1. The summed E-state index contributed by atoms with van der Waals surface area (Å²) in [5.41, 5.74) is 4.60. The molecule has 8 heteroatoms. The molecule has 0 unspecified atom stereocenters. The second-order valence-electron chi connectivity index (χ2n) is 3.43. The number of carboxylic acids is 1. The van der Waals surface area contributed by atoms with Crippen molar-refractivity contribution in [3.63, 3.8) is 0 Å². The van der Waals surface area contributed by atoms with Gasteiger partial charge in [-0.15, -0.1) is 0 Å². The van der Waals surface area contributed by atoms with Gasteiger partial charge >= 0.3 is 11.9 Å². The minimum Gasteiger partial charge on any atom is -0.482 e. The summed E-state index contributed by atoms with van der Waals surface area (Å²) in [4.78, 5) is 30.7. The fourth-order valence-electron chi connectivity index (χ4n) is 1.01. The Morgan fingerprint density at radius 1 is 1.35 bits per heavy atom. The van der Waals surface area contributed by atoms with E-state index in [0.29, 0.717) is 0 Å². The molecule has 0 aliphatic heterocycles. The first kappa shape index (κ1) is 17.7. The number of hydrogen-bond acceptors (Lipinski definition) is 5. The van der Waals surface area contributed by atoms with Crippen molar-refractivity contribution in [2.45, 2.75) is 6.92 Å². The van der Waals surface area contributed by atoms with Gasteiger partial charge in [-0.25, -0.2) is 9.59 Å². The summed E-state index contributed by atoms with van der Waals surface area (Å²) in [6, 6.07) is 4.24. The van der Waals surface area contributed by atoms with Crippen LogP contribution in [0.3, 0.4) is 0 Å². The number of primary amides is 1. The molecule has 1 amide bonds. The third-order valence-corrected chi connectivity index (χ3v) is 2.04. The summed E-state index contributed by atoms with van der Waals surface area (Å²) in [5, 5.41) is 8.63. The monoisotopic (exact) mass is 303 g/mol. The van der Waals surface area contributed by atoms with Gasteiger partial charge in [-0.3, -0.25) is 4.79 Å². The quantitative estimate of drug-likeness (QED) is 0.804. The molecule has 0 aromatic heterocycles. The molecule has 0 bridgehead atoms. The van der Waals surface area contributed by atoms with E-state index in [2.05, 4.69) is 10.5 Å². The van der Waals surface area contributed by atoms with Gasteiger partial charge in [0.25, 0.3) is 0 Å². The second-order valence-corrected chi connectivity index (χ2v) is 3.83. The molecule has 0 spiro atoms. The van der Waals surface area contributed by atoms with Crippen LogP contribution in [-0.4, -0.2) is 36.7 Å². The summed E-state index contributed by atoms with van der Waals surface area (Å²) in [6.45, 7) is 0.822. The van der Waals surface area contributed by atoms with Gasteiger partial charge in [-0.05, 0) is 18.2 Å². The zero-order valence-corrected chi connectivity index (χ0v) is 11.6. The van der Waals surface area contributed by atoms with Crippen LogP contribution in [0.4, 0.5) is 0 Å². The van der Waals surface area contributed by atoms with Crippen LogP contribution in [0.15, 0.2) is 18.2 Å². The number of benzene rings is 1. The molecular formula is C12H14ClNO6. The molecule has 0 saturated carbocycles. The Kier molecular flexibility index (Phi) is 7.76. The highest BCUT2D eigenvalue weighted by atomic mass is 35.5. The van der Waals surface area contributed by atoms with Crippen molar-refractivity contribution in [2.75, 3.05) is 13.7 Å². The number of halogens is 1. The van der Waals surface area contributed by atoms with Gasteiger partial charge < -0.3 is 20.3 Å². The van der Waals surface area contributed by atoms with Crippen molar-refractivity contribution in [3.05, 3.63) is 28.8 Å². The number of rotatable bonds is 4. The molecule has 0 fully saturated rings. The van der Waals surface area contributed by atoms with Crippen molar-refractivity contribution in [1.29, 1.82) is 0 Å². The highest BCUT2D eigenvalue weighted by Crippen LogP contribution is 2.22. The Labute approximate surface area is 120 Å². The lowest BCUT2D eigenvalue weighted by atomic mass is 10.2. The zero-order chi connectivity index (χ0) is 15.7. The van der Waals surface area contributed by atoms with E-state index in [9.17, 15) is 14.4 Å². The molecule has 20 heavy (non-hydrogen) atoms.